The van der Waals surface area contributed by atoms with Crippen molar-refractivity contribution in [1.29, 1.82) is 0 Å². The summed E-state index contributed by atoms with van der Waals surface area (Å²) in [6.07, 6.45) is -16.3. The van der Waals surface area contributed by atoms with Crippen molar-refractivity contribution >= 4 is 9.84 Å². The van der Waals surface area contributed by atoms with Crippen LogP contribution in [0.15, 0.2) is 71.6 Å². The van der Waals surface area contributed by atoms with E-state index in [2.05, 4.69) is 4.74 Å². The summed E-state index contributed by atoms with van der Waals surface area (Å²) in [6, 6.07) is 8.08. The van der Waals surface area contributed by atoms with Crippen molar-refractivity contribution in [2.45, 2.75) is 66.1 Å². The van der Waals surface area contributed by atoms with E-state index in [1.807, 2.05) is 0 Å². The molecule has 0 aromatic heterocycles. The van der Waals surface area contributed by atoms with Gasteiger partial charge in [-0.25, -0.2) is 12.8 Å². The molecule has 44 heavy (non-hydrogen) atoms. The van der Waals surface area contributed by atoms with Gasteiger partial charge in [-0.2, -0.15) is 39.5 Å². The number of hydrogen-bond donors (Lipinski definition) is 0. The van der Waals surface area contributed by atoms with Gasteiger partial charge in [0.2, 0.25) is 0 Å². The molecule has 1 aliphatic rings. The van der Waals surface area contributed by atoms with Gasteiger partial charge in [0, 0.05) is 11.1 Å². The maximum Gasteiger partial charge on any atom is 0.430 e. The van der Waals surface area contributed by atoms with E-state index in [1.165, 1.54) is 0 Å². The summed E-state index contributed by atoms with van der Waals surface area (Å²) in [4.78, 5) is -0.265. The topological polar surface area (TPSA) is 52.6 Å². The van der Waals surface area contributed by atoms with Crippen LogP contribution in [0.4, 0.5) is 43.9 Å². The van der Waals surface area contributed by atoms with Crippen LogP contribution in [0.25, 0.3) is 0 Å². The monoisotopic (exact) mass is 658 g/mol. The number of alkyl halides is 9. The zero-order valence-electron chi connectivity index (χ0n) is 22.7. The lowest BCUT2D eigenvalue weighted by Crippen LogP contribution is -2.55. The van der Waals surface area contributed by atoms with Crippen molar-refractivity contribution in [1.82, 2.24) is 0 Å². The Bertz CT molecular complexity index is 1560. The minimum atomic E-state index is -6.13. The van der Waals surface area contributed by atoms with Crippen molar-refractivity contribution in [3.8, 4) is 5.75 Å². The zero-order valence-corrected chi connectivity index (χ0v) is 23.5. The van der Waals surface area contributed by atoms with Crippen molar-refractivity contribution in [3.05, 3.63) is 94.8 Å². The van der Waals surface area contributed by atoms with Crippen molar-refractivity contribution in [2.75, 3.05) is 7.11 Å². The highest BCUT2D eigenvalue weighted by Gasteiger charge is 2.73. The molecule has 1 saturated carbocycles. The second-order valence-corrected chi connectivity index (χ2v) is 12.5. The van der Waals surface area contributed by atoms with Gasteiger partial charge in [-0.3, -0.25) is 0 Å². The molecule has 1 aliphatic carbocycles. The van der Waals surface area contributed by atoms with Crippen LogP contribution in [0.5, 0.6) is 5.75 Å². The molecule has 0 aliphatic heterocycles. The predicted molar refractivity (Wildman–Crippen MR) is 137 cm³/mol. The van der Waals surface area contributed by atoms with Gasteiger partial charge < -0.3 is 9.47 Å². The minimum absolute atomic E-state index is 0.0138. The van der Waals surface area contributed by atoms with E-state index in [0.29, 0.717) is 43.2 Å². The SMILES string of the molecule is COc1cc(C(F)(F)F)ccc1COC(c1ccc(C2(S(=O)(=O)c3ccc(F)cc3)CCCC2)cc1)(C(F)(F)F)C(F)(F)F. The van der Waals surface area contributed by atoms with Gasteiger partial charge >= 0.3 is 18.5 Å². The van der Waals surface area contributed by atoms with Crippen molar-refractivity contribution in [2.24, 2.45) is 0 Å². The Morgan fingerprint density at radius 2 is 1.27 bits per heavy atom. The first-order valence-electron chi connectivity index (χ1n) is 12.9. The molecule has 240 valence electrons. The van der Waals surface area contributed by atoms with Crippen LogP contribution in [-0.4, -0.2) is 27.9 Å². The Morgan fingerprint density at radius 1 is 0.750 bits per heavy atom. The standard InChI is InChI=1S/C29H24F10O4S/c1-42-24-16-21(27(31,32)33)5-4-18(24)17-43-26(28(34,35)36,29(37,38)39)20-8-6-19(7-9-20)25(14-2-3-15-25)44(40,41)23-12-10-22(30)11-13-23/h4-13,16H,2-3,14-15,17H2,1H3. The molecule has 3 aromatic rings. The van der Waals surface area contributed by atoms with E-state index in [1.54, 1.807) is 0 Å². The summed E-state index contributed by atoms with van der Waals surface area (Å²) in [5.41, 5.74) is -8.22. The lowest BCUT2D eigenvalue weighted by molar-refractivity contribution is -0.392. The minimum Gasteiger partial charge on any atom is -0.496 e. The first-order chi connectivity index (χ1) is 20.3. The molecular weight excluding hydrogens is 634 g/mol. The second kappa shape index (κ2) is 11.5. The Morgan fingerprint density at radius 3 is 1.75 bits per heavy atom. The van der Waals surface area contributed by atoms with Crippen molar-refractivity contribution in [3.63, 3.8) is 0 Å². The summed E-state index contributed by atoms with van der Waals surface area (Å²) >= 11 is 0. The van der Waals surface area contributed by atoms with Crippen LogP contribution in [0.3, 0.4) is 0 Å². The fourth-order valence-corrected chi connectivity index (χ4v) is 7.69. The van der Waals surface area contributed by atoms with Crippen LogP contribution in [0.2, 0.25) is 0 Å². The molecule has 15 heteroatoms. The molecule has 0 spiro atoms. The molecule has 4 nitrogen and oxygen atoms in total. The highest BCUT2D eigenvalue weighted by molar-refractivity contribution is 7.92. The fraction of sp³-hybridized carbons (Fsp3) is 0.379. The normalized spacial score (nSPS) is 16.2. The number of ether oxygens (including phenoxy) is 2. The number of sulfone groups is 1. The largest absolute Gasteiger partial charge is 0.496 e. The molecule has 3 aromatic carbocycles. The van der Waals surface area contributed by atoms with Crippen molar-refractivity contribution < 1.29 is 61.8 Å². The predicted octanol–water partition coefficient (Wildman–Crippen LogP) is 8.63. The molecule has 0 amide bonds. The van der Waals surface area contributed by atoms with Gasteiger partial charge in [0.25, 0.3) is 5.60 Å². The number of hydrogen-bond acceptors (Lipinski definition) is 4. The molecule has 1 fully saturated rings. The summed E-state index contributed by atoms with van der Waals surface area (Å²) < 4.78 is 174. The molecule has 4 rings (SSSR count). The summed E-state index contributed by atoms with van der Waals surface area (Å²) in [5, 5.41) is 0. The highest BCUT2D eigenvalue weighted by Crippen LogP contribution is 2.55. The van der Waals surface area contributed by atoms with Gasteiger partial charge in [-0.15, -0.1) is 0 Å². The number of methoxy groups -OCH3 is 1. The van der Waals surface area contributed by atoms with E-state index in [0.717, 1.165) is 43.5 Å². The van der Waals surface area contributed by atoms with Gasteiger partial charge in [0.05, 0.1) is 24.2 Å². The van der Waals surface area contributed by atoms with E-state index in [9.17, 15) is 52.3 Å². The maximum atomic E-state index is 14.4. The van der Waals surface area contributed by atoms with Gasteiger partial charge in [-0.05, 0) is 54.8 Å². The molecule has 0 saturated heterocycles. The molecule has 0 radical (unpaired) electrons. The quantitative estimate of drug-likeness (QED) is 0.180. The van der Waals surface area contributed by atoms with E-state index in [-0.39, 0.29) is 23.3 Å². The number of benzene rings is 3. The van der Waals surface area contributed by atoms with Crippen LogP contribution >= 0.6 is 0 Å². The fourth-order valence-electron chi connectivity index (χ4n) is 5.47. The van der Waals surface area contributed by atoms with E-state index >= 15 is 0 Å². The van der Waals surface area contributed by atoms with Gasteiger partial charge in [0.15, 0.2) is 9.84 Å². The summed E-state index contributed by atoms with van der Waals surface area (Å²) in [7, 11) is -3.39. The molecule has 0 atom stereocenters. The molecule has 0 unspecified atom stereocenters. The average Bonchev–Trinajstić information content (AvgIpc) is 3.44. The van der Waals surface area contributed by atoms with Gasteiger partial charge in [0.1, 0.15) is 16.3 Å². The Balaban J connectivity index is 1.79. The smallest absolute Gasteiger partial charge is 0.430 e. The first-order valence-corrected chi connectivity index (χ1v) is 14.4. The third-order valence-corrected chi connectivity index (χ3v) is 10.3. The highest BCUT2D eigenvalue weighted by atomic mass is 32.2. The van der Waals surface area contributed by atoms with Crippen LogP contribution in [-0.2, 0) is 37.7 Å². The number of halogens is 10. The molecule has 0 bridgehead atoms. The Kier molecular flexibility index (Phi) is 8.81. The molecular formula is C29H24F10O4S. The third-order valence-electron chi connectivity index (χ3n) is 7.72. The summed E-state index contributed by atoms with van der Waals surface area (Å²) in [5.74, 6) is -1.36. The lowest BCUT2D eigenvalue weighted by atomic mass is 9.88. The van der Waals surface area contributed by atoms with Crippen LogP contribution in [0, 0.1) is 5.82 Å². The van der Waals surface area contributed by atoms with Crippen LogP contribution < -0.4 is 4.74 Å². The first kappa shape index (κ1) is 33.6. The van der Waals surface area contributed by atoms with E-state index in [4.69, 9.17) is 4.74 Å². The maximum absolute atomic E-state index is 14.4. The molecule has 0 heterocycles. The average molecular weight is 659 g/mol. The second-order valence-electron chi connectivity index (χ2n) is 10.2. The van der Waals surface area contributed by atoms with Crippen LogP contribution in [0.1, 0.15) is 47.9 Å². The van der Waals surface area contributed by atoms with E-state index < -0.39 is 73.6 Å². The Hall–Kier alpha value is -3.33. The third kappa shape index (κ3) is 5.75. The van der Waals surface area contributed by atoms with Gasteiger partial charge in [-0.1, -0.05) is 43.2 Å². The Labute approximate surface area is 245 Å². The zero-order chi connectivity index (χ0) is 32.8. The number of rotatable bonds is 8. The lowest BCUT2D eigenvalue weighted by Gasteiger charge is -2.38. The molecule has 0 N–H and O–H groups in total. The summed E-state index contributed by atoms with van der Waals surface area (Å²) in [6.45, 7) is -1.45.